The van der Waals surface area contributed by atoms with Gasteiger partial charge in [-0.25, -0.2) is 0 Å². The average Bonchev–Trinajstić information content (AvgIpc) is 2.23. The summed E-state index contributed by atoms with van der Waals surface area (Å²) in [5, 5.41) is 12.4. The first kappa shape index (κ1) is 14.9. The smallest absolute Gasteiger partial charge is 0.0623 e. The van der Waals surface area contributed by atoms with Gasteiger partial charge in [-0.3, -0.25) is 0 Å². The van der Waals surface area contributed by atoms with Crippen molar-refractivity contribution in [3.63, 3.8) is 0 Å². The monoisotopic (exact) mass is 217 g/mol. The van der Waals surface area contributed by atoms with Crippen LogP contribution in [0.4, 0.5) is 0 Å². The molecule has 3 heteroatoms. The maximum Gasteiger partial charge on any atom is 0.0623 e. The number of nitrogens with one attached hydrogen (secondary N) is 1. The molecule has 0 saturated carbocycles. The van der Waals surface area contributed by atoms with Gasteiger partial charge in [0.25, 0.3) is 0 Å². The second-order valence-electron chi connectivity index (χ2n) is 4.58. The minimum absolute atomic E-state index is 0.0369. The summed E-state index contributed by atoms with van der Waals surface area (Å²) in [6.07, 6.45) is 2.98. The van der Waals surface area contributed by atoms with Crippen LogP contribution in [0.25, 0.3) is 0 Å². The zero-order valence-electron chi connectivity index (χ0n) is 10.7. The van der Waals surface area contributed by atoms with Crippen LogP contribution < -0.4 is 5.32 Å². The molecule has 0 amide bonds. The molecule has 0 radical (unpaired) electrons. The molecule has 0 saturated heterocycles. The first-order chi connectivity index (χ1) is 7.05. The molecule has 0 aromatic heterocycles. The number of ether oxygens (including phenoxy) is 1. The molecule has 0 aliphatic carbocycles. The number of hydrogen-bond donors (Lipinski definition) is 2. The molecule has 0 aliphatic rings. The fourth-order valence-corrected chi connectivity index (χ4v) is 1.19. The molecule has 0 bridgehead atoms. The maximum atomic E-state index is 9.12. The van der Waals surface area contributed by atoms with Gasteiger partial charge in [0.05, 0.1) is 12.2 Å². The lowest BCUT2D eigenvalue weighted by Gasteiger charge is -2.25. The van der Waals surface area contributed by atoms with Crippen LogP contribution in [-0.2, 0) is 4.74 Å². The van der Waals surface area contributed by atoms with Crippen molar-refractivity contribution >= 4 is 0 Å². The summed E-state index contributed by atoms with van der Waals surface area (Å²) in [6.45, 7) is 10.3. The Kier molecular flexibility index (Phi) is 8.02. The van der Waals surface area contributed by atoms with Gasteiger partial charge in [0.2, 0.25) is 0 Å². The molecule has 1 atom stereocenters. The number of rotatable bonds is 9. The zero-order valence-corrected chi connectivity index (χ0v) is 10.7. The van der Waals surface area contributed by atoms with E-state index < -0.39 is 0 Å². The van der Waals surface area contributed by atoms with E-state index in [4.69, 9.17) is 9.84 Å². The molecule has 0 aromatic rings. The summed E-state index contributed by atoms with van der Waals surface area (Å²) in [6, 6.07) is 0.178. The Balaban J connectivity index is 3.62. The lowest BCUT2D eigenvalue weighted by molar-refractivity contribution is -0.0255. The summed E-state index contributed by atoms with van der Waals surface area (Å²) in [7, 11) is 0. The molecule has 92 valence electrons. The first-order valence-corrected chi connectivity index (χ1v) is 6.04. The van der Waals surface area contributed by atoms with E-state index in [2.05, 4.69) is 33.0 Å². The van der Waals surface area contributed by atoms with Gasteiger partial charge in [-0.15, -0.1) is 0 Å². The average molecular weight is 217 g/mol. The predicted octanol–water partition coefficient (Wildman–Crippen LogP) is 1.94. The third-order valence-electron chi connectivity index (χ3n) is 2.71. The van der Waals surface area contributed by atoms with E-state index in [1.165, 1.54) is 0 Å². The van der Waals surface area contributed by atoms with E-state index in [0.29, 0.717) is 6.61 Å². The summed E-state index contributed by atoms with van der Waals surface area (Å²) in [4.78, 5) is 0. The van der Waals surface area contributed by atoms with Crippen molar-refractivity contribution in [1.82, 2.24) is 5.32 Å². The van der Waals surface area contributed by atoms with E-state index in [9.17, 15) is 0 Å². The van der Waals surface area contributed by atoms with Crippen molar-refractivity contribution in [2.24, 2.45) is 0 Å². The second kappa shape index (κ2) is 8.08. The third kappa shape index (κ3) is 7.77. The van der Waals surface area contributed by atoms with Crippen LogP contribution in [0.1, 0.15) is 47.0 Å². The largest absolute Gasteiger partial charge is 0.395 e. The van der Waals surface area contributed by atoms with Gasteiger partial charge >= 0.3 is 0 Å². The standard InChI is InChI=1S/C12H27NO2/c1-5-8-13-11(10-14)7-9-15-12(3,4)6-2/h11,13-14H,5-10H2,1-4H3. The van der Waals surface area contributed by atoms with Gasteiger partial charge in [0, 0.05) is 12.6 Å². The molecule has 0 spiro atoms. The third-order valence-corrected chi connectivity index (χ3v) is 2.71. The van der Waals surface area contributed by atoms with E-state index in [0.717, 1.165) is 25.8 Å². The minimum atomic E-state index is -0.0369. The van der Waals surface area contributed by atoms with Crippen LogP contribution in [0, 0.1) is 0 Å². The topological polar surface area (TPSA) is 41.5 Å². The lowest BCUT2D eigenvalue weighted by Crippen LogP contribution is -2.35. The van der Waals surface area contributed by atoms with Crippen molar-refractivity contribution in [3.8, 4) is 0 Å². The molecule has 0 rings (SSSR count). The van der Waals surface area contributed by atoms with Crippen LogP contribution in [0.3, 0.4) is 0 Å². The highest BCUT2D eigenvalue weighted by molar-refractivity contribution is 4.68. The van der Waals surface area contributed by atoms with Gasteiger partial charge in [-0.05, 0) is 39.7 Å². The van der Waals surface area contributed by atoms with Crippen molar-refractivity contribution in [2.75, 3.05) is 19.8 Å². The molecule has 0 aliphatic heterocycles. The normalized spacial score (nSPS) is 14.2. The summed E-state index contributed by atoms with van der Waals surface area (Å²) in [5.41, 5.74) is -0.0369. The van der Waals surface area contributed by atoms with Gasteiger partial charge in [0.15, 0.2) is 0 Å². The van der Waals surface area contributed by atoms with Crippen LogP contribution in [0.15, 0.2) is 0 Å². The van der Waals surface area contributed by atoms with Crippen molar-refractivity contribution < 1.29 is 9.84 Å². The first-order valence-electron chi connectivity index (χ1n) is 6.04. The molecular formula is C12H27NO2. The molecule has 2 N–H and O–H groups in total. The van der Waals surface area contributed by atoms with Gasteiger partial charge in [-0.1, -0.05) is 13.8 Å². The SMILES string of the molecule is CCCNC(CO)CCOC(C)(C)CC. The van der Waals surface area contributed by atoms with Crippen LogP contribution >= 0.6 is 0 Å². The summed E-state index contributed by atoms with van der Waals surface area (Å²) >= 11 is 0. The highest BCUT2D eigenvalue weighted by atomic mass is 16.5. The van der Waals surface area contributed by atoms with Crippen LogP contribution in [-0.4, -0.2) is 36.5 Å². The van der Waals surface area contributed by atoms with Crippen molar-refractivity contribution in [1.29, 1.82) is 0 Å². The molecule has 3 nitrogen and oxygen atoms in total. The molecule has 1 unspecified atom stereocenters. The fourth-order valence-electron chi connectivity index (χ4n) is 1.19. The van der Waals surface area contributed by atoms with Gasteiger partial charge in [0.1, 0.15) is 0 Å². The Labute approximate surface area is 94.2 Å². The van der Waals surface area contributed by atoms with E-state index in [1.807, 2.05) is 0 Å². The van der Waals surface area contributed by atoms with E-state index >= 15 is 0 Å². The minimum Gasteiger partial charge on any atom is -0.395 e. The number of hydrogen-bond acceptors (Lipinski definition) is 3. The van der Waals surface area contributed by atoms with Crippen molar-refractivity contribution in [3.05, 3.63) is 0 Å². The molecular weight excluding hydrogens is 190 g/mol. The van der Waals surface area contributed by atoms with Gasteiger partial charge in [-0.2, -0.15) is 0 Å². The molecule has 15 heavy (non-hydrogen) atoms. The van der Waals surface area contributed by atoms with E-state index in [-0.39, 0.29) is 18.2 Å². The Bertz CT molecular complexity index is 149. The number of aliphatic hydroxyl groups excluding tert-OH is 1. The summed E-state index contributed by atoms with van der Waals surface area (Å²) < 4.78 is 5.74. The van der Waals surface area contributed by atoms with Gasteiger partial charge < -0.3 is 15.2 Å². The Hall–Kier alpha value is -0.120. The van der Waals surface area contributed by atoms with Crippen LogP contribution in [0.2, 0.25) is 0 Å². The van der Waals surface area contributed by atoms with Crippen molar-refractivity contribution in [2.45, 2.75) is 58.6 Å². The highest BCUT2D eigenvalue weighted by Crippen LogP contribution is 2.13. The quantitative estimate of drug-likeness (QED) is 0.620. The Morgan fingerprint density at radius 1 is 1.33 bits per heavy atom. The molecule has 0 fully saturated rings. The fraction of sp³-hybridized carbons (Fsp3) is 1.00. The summed E-state index contributed by atoms with van der Waals surface area (Å²) in [5.74, 6) is 0. The maximum absolute atomic E-state index is 9.12. The number of aliphatic hydroxyl groups is 1. The molecule has 0 aromatic carbocycles. The van der Waals surface area contributed by atoms with E-state index in [1.54, 1.807) is 0 Å². The van der Waals surface area contributed by atoms with Crippen LogP contribution in [0.5, 0.6) is 0 Å². The molecule has 0 heterocycles. The predicted molar refractivity (Wildman–Crippen MR) is 64.1 cm³/mol. The zero-order chi connectivity index (χ0) is 11.7. The lowest BCUT2D eigenvalue weighted by atomic mass is 10.1. The second-order valence-corrected chi connectivity index (χ2v) is 4.58. The Morgan fingerprint density at radius 2 is 2.00 bits per heavy atom. The highest BCUT2D eigenvalue weighted by Gasteiger charge is 2.15. The Morgan fingerprint density at radius 3 is 2.47 bits per heavy atom.